The van der Waals surface area contributed by atoms with Crippen LogP contribution in [-0.4, -0.2) is 47.8 Å². The lowest BCUT2D eigenvalue weighted by atomic mass is 10.1. The standard InChI is InChI=1S/C17H19N5O5S2/c1-10(12-6-4-3-5-7-12)22-9-13(8-14(22)24)15(25)21-29(26,27)17-20-19-16(28-17)18-11(2)23/h3-7,10,13H,8-9H2,1-2H3,(H,21,25)(H,18,19,23). The highest BCUT2D eigenvalue weighted by atomic mass is 32.2. The van der Waals surface area contributed by atoms with Crippen molar-refractivity contribution in [3.05, 3.63) is 35.9 Å². The number of rotatable bonds is 6. The molecule has 0 spiro atoms. The third kappa shape index (κ3) is 4.77. The fourth-order valence-electron chi connectivity index (χ4n) is 2.97. The maximum atomic E-state index is 12.5. The van der Waals surface area contributed by atoms with Crippen molar-refractivity contribution in [2.75, 3.05) is 11.9 Å². The Kier molecular flexibility index (Phi) is 5.94. The van der Waals surface area contributed by atoms with Gasteiger partial charge in [-0.25, -0.2) is 4.72 Å². The summed E-state index contributed by atoms with van der Waals surface area (Å²) in [7, 11) is -4.26. The summed E-state index contributed by atoms with van der Waals surface area (Å²) in [5.74, 6) is -2.22. The van der Waals surface area contributed by atoms with Gasteiger partial charge in [0.15, 0.2) is 0 Å². The van der Waals surface area contributed by atoms with Gasteiger partial charge in [-0.1, -0.05) is 41.7 Å². The van der Waals surface area contributed by atoms with Crippen LogP contribution in [0.4, 0.5) is 5.13 Å². The van der Waals surface area contributed by atoms with Crippen molar-refractivity contribution in [2.24, 2.45) is 5.92 Å². The Hall–Kier alpha value is -2.86. The van der Waals surface area contributed by atoms with Gasteiger partial charge in [0, 0.05) is 19.9 Å². The molecule has 2 aromatic rings. The van der Waals surface area contributed by atoms with Crippen LogP contribution in [-0.2, 0) is 24.4 Å². The average Bonchev–Trinajstić information content (AvgIpc) is 3.28. The summed E-state index contributed by atoms with van der Waals surface area (Å²) in [4.78, 5) is 37.4. The summed E-state index contributed by atoms with van der Waals surface area (Å²) in [6, 6.07) is 9.13. The Morgan fingerprint density at radius 3 is 2.59 bits per heavy atom. The molecule has 0 radical (unpaired) electrons. The van der Waals surface area contributed by atoms with E-state index in [4.69, 9.17) is 0 Å². The van der Waals surface area contributed by atoms with Crippen molar-refractivity contribution in [3.8, 4) is 0 Å². The number of sulfonamides is 1. The summed E-state index contributed by atoms with van der Waals surface area (Å²) in [6.07, 6.45) is -0.0776. The first-order chi connectivity index (χ1) is 13.7. The number of hydrogen-bond acceptors (Lipinski definition) is 8. The molecular formula is C17H19N5O5S2. The van der Waals surface area contributed by atoms with Crippen LogP contribution < -0.4 is 10.0 Å². The Labute approximate surface area is 171 Å². The zero-order valence-corrected chi connectivity index (χ0v) is 17.3. The number of benzene rings is 1. The third-order valence-electron chi connectivity index (χ3n) is 4.43. The van der Waals surface area contributed by atoms with Gasteiger partial charge in [0.2, 0.25) is 22.9 Å². The molecule has 29 heavy (non-hydrogen) atoms. The van der Waals surface area contributed by atoms with Gasteiger partial charge in [0.05, 0.1) is 12.0 Å². The second-order valence-electron chi connectivity index (χ2n) is 6.56. The van der Waals surface area contributed by atoms with E-state index in [1.54, 1.807) is 4.90 Å². The van der Waals surface area contributed by atoms with Crippen molar-refractivity contribution in [3.63, 3.8) is 0 Å². The highest BCUT2D eigenvalue weighted by Crippen LogP contribution is 2.29. The van der Waals surface area contributed by atoms with Gasteiger partial charge in [-0.2, -0.15) is 8.42 Å². The molecule has 2 atom stereocenters. The molecule has 2 unspecified atom stereocenters. The predicted molar refractivity (Wildman–Crippen MR) is 104 cm³/mol. The number of nitrogens with one attached hydrogen (secondary N) is 2. The molecule has 1 aliphatic rings. The second-order valence-corrected chi connectivity index (χ2v) is 9.39. The first-order valence-electron chi connectivity index (χ1n) is 8.69. The number of nitrogens with zero attached hydrogens (tertiary/aromatic N) is 3. The number of likely N-dealkylation sites (tertiary alicyclic amines) is 1. The van der Waals surface area contributed by atoms with Crippen LogP contribution in [0.2, 0.25) is 0 Å². The second kappa shape index (κ2) is 8.25. The molecule has 1 aromatic carbocycles. The van der Waals surface area contributed by atoms with E-state index >= 15 is 0 Å². The maximum absolute atomic E-state index is 12.5. The van der Waals surface area contributed by atoms with E-state index in [9.17, 15) is 22.8 Å². The SMILES string of the molecule is CC(=O)Nc1nnc(S(=O)(=O)NC(=O)C2CC(=O)N(C(C)c3ccccc3)C2)s1. The van der Waals surface area contributed by atoms with Crippen LogP contribution in [0, 0.1) is 5.92 Å². The molecule has 3 amide bonds. The van der Waals surface area contributed by atoms with Crippen LogP contribution in [0.5, 0.6) is 0 Å². The molecule has 2 N–H and O–H groups in total. The fraction of sp³-hybridized carbons (Fsp3) is 0.353. The van der Waals surface area contributed by atoms with Gasteiger partial charge < -0.3 is 10.2 Å². The fourth-order valence-corrected chi connectivity index (χ4v) is 4.96. The monoisotopic (exact) mass is 437 g/mol. The van der Waals surface area contributed by atoms with E-state index < -0.39 is 32.1 Å². The lowest BCUT2D eigenvalue weighted by molar-refractivity contribution is -0.130. The minimum atomic E-state index is -4.26. The number of carbonyl (C=O) groups excluding carboxylic acids is 3. The Bertz CT molecular complexity index is 1040. The van der Waals surface area contributed by atoms with Crippen LogP contribution in [0.3, 0.4) is 0 Å². The number of hydrogen-bond donors (Lipinski definition) is 2. The first-order valence-corrected chi connectivity index (χ1v) is 11.0. The van der Waals surface area contributed by atoms with E-state index in [1.807, 2.05) is 42.0 Å². The van der Waals surface area contributed by atoms with Crippen molar-refractivity contribution in [2.45, 2.75) is 30.6 Å². The molecule has 1 aromatic heterocycles. The highest BCUT2D eigenvalue weighted by molar-refractivity contribution is 7.92. The van der Waals surface area contributed by atoms with Crippen LogP contribution in [0.25, 0.3) is 0 Å². The third-order valence-corrected chi connectivity index (χ3v) is 6.99. The van der Waals surface area contributed by atoms with Crippen molar-refractivity contribution in [1.29, 1.82) is 0 Å². The van der Waals surface area contributed by atoms with E-state index in [0.29, 0.717) is 11.3 Å². The van der Waals surface area contributed by atoms with Gasteiger partial charge >= 0.3 is 0 Å². The molecule has 0 aliphatic carbocycles. The van der Waals surface area contributed by atoms with Gasteiger partial charge in [0.1, 0.15) is 0 Å². The normalized spacial score (nSPS) is 17.8. The summed E-state index contributed by atoms with van der Waals surface area (Å²) in [5.41, 5.74) is 0.925. The van der Waals surface area contributed by atoms with Gasteiger partial charge in [-0.05, 0) is 12.5 Å². The smallest absolute Gasteiger partial charge is 0.293 e. The Balaban J connectivity index is 1.67. The van der Waals surface area contributed by atoms with E-state index in [2.05, 4.69) is 15.5 Å². The molecule has 12 heteroatoms. The molecule has 3 rings (SSSR count). The largest absolute Gasteiger partial charge is 0.335 e. The van der Waals surface area contributed by atoms with Crippen molar-refractivity contribution < 1.29 is 22.8 Å². The maximum Gasteiger partial charge on any atom is 0.293 e. The lowest BCUT2D eigenvalue weighted by Crippen LogP contribution is -2.37. The van der Waals surface area contributed by atoms with Crippen LogP contribution in [0.15, 0.2) is 34.7 Å². The zero-order valence-electron chi connectivity index (χ0n) is 15.7. The number of aromatic nitrogens is 2. The highest BCUT2D eigenvalue weighted by Gasteiger charge is 2.38. The summed E-state index contributed by atoms with van der Waals surface area (Å²) in [6.45, 7) is 3.22. The molecule has 1 fully saturated rings. The van der Waals surface area contributed by atoms with E-state index in [-0.39, 0.29) is 30.0 Å². The van der Waals surface area contributed by atoms with E-state index in [0.717, 1.165) is 5.56 Å². The van der Waals surface area contributed by atoms with Gasteiger partial charge in [-0.3, -0.25) is 14.4 Å². The summed E-state index contributed by atoms with van der Waals surface area (Å²) in [5, 5.41) is 9.37. The molecule has 154 valence electrons. The van der Waals surface area contributed by atoms with Crippen LogP contribution in [0.1, 0.15) is 31.9 Å². The Morgan fingerprint density at radius 1 is 1.24 bits per heavy atom. The summed E-state index contributed by atoms with van der Waals surface area (Å²) >= 11 is 0.622. The molecule has 1 saturated heterocycles. The lowest BCUT2D eigenvalue weighted by Gasteiger charge is -2.25. The molecule has 2 heterocycles. The quantitative estimate of drug-likeness (QED) is 0.641. The van der Waals surface area contributed by atoms with Crippen LogP contribution >= 0.6 is 11.3 Å². The number of carbonyl (C=O) groups is 3. The minimum Gasteiger partial charge on any atom is -0.335 e. The molecular weight excluding hydrogens is 418 g/mol. The molecule has 0 saturated carbocycles. The minimum absolute atomic E-state index is 0.00392. The predicted octanol–water partition coefficient (Wildman–Crippen LogP) is 0.911. The molecule has 10 nitrogen and oxygen atoms in total. The molecule has 1 aliphatic heterocycles. The van der Waals surface area contributed by atoms with Crippen molar-refractivity contribution >= 4 is 44.2 Å². The molecule has 0 bridgehead atoms. The zero-order chi connectivity index (χ0) is 21.2. The van der Waals surface area contributed by atoms with E-state index in [1.165, 1.54) is 6.92 Å². The topological polar surface area (TPSA) is 138 Å². The van der Waals surface area contributed by atoms with Gasteiger partial charge in [0.25, 0.3) is 14.4 Å². The first kappa shape index (κ1) is 20.9. The average molecular weight is 438 g/mol. The van der Waals surface area contributed by atoms with Gasteiger partial charge in [-0.15, -0.1) is 10.2 Å². The van der Waals surface area contributed by atoms with Crippen molar-refractivity contribution in [1.82, 2.24) is 19.8 Å². The number of anilines is 1. The Morgan fingerprint density at radius 2 is 1.93 bits per heavy atom. The summed E-state index contributed by atoms with van der Waals surface area (Å²) < 4.78 is 26.3. The number of amides is 3.